The van der Waals surface area contributed by atoms with E-state index in [4.69, 9.17) is 9.73 Å². The first kappa shape index (κ1) is 25.8. The average molecular weight is 523 g/mol. The predicted octanol–water partition coefficient (Wildman–Crippen LogP) is 5.32. The molecule has 0 spiro atoms. The van der Waals surface area contributed by atoms with Crippen molar-refractivity contribution in [3.8, 4) is 17.0 Å². The summed E-state index contributed by atoms with van der Waals surface area (Å²) < 4.78 is 35.0. The van der Waals surface area contributed by atoms with E-state index in [1.807, 2.05) is 75.5 Å². The van der Waals surface area contributed by atoms with E-state index in [1.165, 1.54) is 15.6 Å². The van der Waals surface area contributed by atoms with Crippen molar-refractivity contribution in [2.75, 3.05) is 19.7 Å². The Morgan fingerprint density at radius 3 is 2.33 bits per heavy atom. The second-order valence-electron chi connectivity index (χ2n) is 8.00. The van der Waals surface area contributed by atoms with Gasteiger partial charge in [-0.2, -0.15) is 4.31 Å². The lowest BCUT2D eigenvalue weighted by Crippen LogP contribution is -2.30. The smallest absolute Gasteiger partial charge is 0.243 e. The van der Waals surface area contributed by atoms with Crippen molar-refractivity contribution >= 4 is 27.0 Å². The molecule has 0 unspecified atom stereocenters. The molecule has 2 heterocycles. The summed E-state index contributed by atoms with van der Waals surface area (Å²) in [7, 11) is -3.51. The molecule has 188 valence electrons. The Balaban J connectivity index is 1.75. The molecule has 0 radical (unpaired) electrons. The second-order valence-corrected chi connectivity index (χ2v) is 10.8. The lowest BCUT2D eigenvalue weighted by atomic mass is 10.1. The number of ether oxygens (including phenoxy) is 1. The summed E-state index contributed by atoms with van der Waals surface area (Å²) in [5.74, 6) is 0.811. The Morgan fingerprint density at radius 1 is 1.00 bits per heavy atom. The number of sulfonamides is 1. The van der Waals surface area contributed by atoms with E-state index in [0.29, 0.717) is 31.1 Å². The number of hydrogen-bond donors (Lipinski definition) is 0. The standard InChI is InChI=1S/C27H30N4O3S2/c1-4-30(5-2)36(32,33)25-15-9-22(10-16-25)26-20-35-27(31(26)19-21-8-7-17-28-18-21)29-23-11-13-24(14-12-23)34-6-3/h7-18,20H,4-6,19H2,1-3H3. The van der Waals surface area contributed by atoms with Crippen LogP contribution in [0.1, 0.15) is 26.3 Å². The molecule has 4 aromatic rings. The molecule has 7 nitrogen and oxygen atoms in total. The Bertz CT molecular complexity index is 1440. The fraction of sp³-hybridized carbons (Fsp3) is 0.259. The van der Waals surface area contributed by atoms with Crippen LogP contribution in [0.25, 0.3) is 11.3 Å². The molecule has 0 bridgehead atoms. The van der Waals surface area contributed by atoms with Crippen molar-refractivity contribution in [2.45, 2.75) is 32.2 Å². The Morgan fingerprint density at radius 2 is 1.72 bits per heavy atom. The lowest BCUT2D eigenvalue weighted by Gasteiger charge is -2.18. The highest BCUT2D eigenvalue weighted by atomic mass is 32.2. The molecule has 4 rings (SSSR count). The number of nitrogens with zero attached hydrogens (tertiary/aromatic N) is 4. The third kappa shape index (κ3) is 5.75. The maximum absolute atomic E-state index is 12.9. The maximum Gasteiger partial charge on any atom is 0.243 e. The van der Waals surface area contributed by atoms with Crippen LogP contribution in [-0.4, -0.2) is 42.0 Å². The van der Waals surface area contributed by atoms with Gasteiger partial charge in [0, 0.05) is 30.9 Å². The quantitative estimate of drug-likeness (QED) is 0.282. The first-order chi connectivity index (χ1) is 17.5. The van der Waals surface area contributed by atoms with Crippen molar-refractivity contribution in [3.05, 3.63) is 88.8 Å². The van der Waals surface area contributed by atoms with Crippen molar-refractivity contribution in [1.29, 1.82) is 0 Å². The molecule has 2 aromatic carbocycles. The van der Waals surface area contributed by atoms with Gasteiger partial charge >= 0.3 is 0 Å². The number of benzene rings is 2. The van der Waals surface area contributed by atoms with Crippen LogP contribution in [0.15, 0.2) is 88.3 Å². The molecule has 0 saturated heterocycles. The minimum atomic E-state index is -3.51. The number of thiazole rings is 1. The molecule has 0 atom stereocenters. The van der Waals surface area contributed by atoms with Gasteiger partial charge in [-0.15, -0.1) is 11.3 Å². The zero-order valence-electron chi connectivity index (χ0n) is 20.7. The van der Waals surface area contributed by atoms with Crippen LogP contribution in [0.4, 0.5) is 5.69 Å². The summed E-state index contributed by atoms with van der Waals surface area (Å²) in [6, 6.07) is 18.7. The van der Waals surface area contributed by atoms with Crippen LogP contribution in [0.3, 0.4) is 0 Å². The van der Waals surface area contributed by atoms with Gasteiger partial charge in [0.2, 0.25) is 10.0 Å². The Kier molecular flexibility index (Phi) is 8.35. The van der Waals surface area contributed by atoms with Gasteiger partial charge < -0.3 is 9.30 Å². The largest absolute Gasteiger partial charge is 0.494 e. The van der Waals surface area contributed by atoms with Gasteiger partial charge in [0.25, 0.3) is 0 Å². The second kappa shape index (κ2) is 11.6. The van der Waals surface area contributed by atoms with E-state index in [0.717, 1.165) is 33.1 Å². The van der Waals surface area contributed by atoms with Crippen molar-refractivity contribution in [3.63, 3.8) is 0 Å². The topological polar surface area (TPSA) is 76.8 Å². The van der Waals surface area contributed by atoms with Crippen molar-refractivity contribution in [1.82, 2.24) is 13.9 Å². The van der Waals surface area contributed by atoms with Gasteiger partial charge in [-0.1, -0.05) is 32.0 Å². The fourth-order valence-corrected chi connectivity index (χ4v) is 6.27. The first-order valence-corrected chi connectivity index (χ1v) is 14.2. The fourth-order valence-electron chi connectivity index (χ4n) is 3.88. The molecule has 0 aliphatic heterocycles. The van der Waals surface area contributed by atoms with Gasteiger partial charge in [-0.25, -0.2) is 13.4 Å². The van der Waals surface area contributed by atoms with Crippen LogP contribution >= 0.6 is 11.3 Å². The normalized spacial score (nSPS) is 12.3. The van der Waals surface area contributed by atoms with Crippen LogP contribution in [-0.2, 0) is 16.6 Å². The molecule has 0 aliphatic rings. The summed E-state index contributed by atoms with van der Waals surface area (Å²) in [4.78, 5) is 10.3. The maximum atomic E-state index is 12.9. The number of aromatic nitrogens is 2. The van der Waals surface area contributed by atoms with Gasteiger partial charge in [0.1, 0.15) is 5.75 Å². The molecule has 0 aliphatic carbocycles. The van der Waals surface area contributed by atoms with E-state index >= 15 is 0 Å². The van der Waals surface area contributed by atoms with Gasteiger partial charge in [0.15, 0.2) is 4.80 Å². The molecule has 9 heteroatoms. The monoisotopic (exact) mass is 522 g/mol. The van der Waals surface area contributed by atoms with E-state index in [-0.39, 0.29) is 0 Å². The minimum Gasteiger partial charge on any atom is -0.494 e. The van der Waals surface area contributed by atoms with Gasteiger partial charge in [0.05, 0.1) is 29.4 Å². The zero-order valence-corrected chi connectivity index (χ0v) is 22.3. The highest BCUT2D eigenvalue weighted by molar-refractivity contribution is 7.89. The van der Waals surface area contributed by atoms with E-state index in [9.17, 15) is 8.42 Å². The molecule has 0 fully saturated rings. The Labute approximate surface area is 216 Å². The molecule has 0 N–H and O–H groups in total. The number of rotatable bonds is 10. The molecular weight excluding hydrogens is 492 g/mol. The molecular formula is C27H30N4O3S2. The van der Waals surface area contributed by atoms with Crippen LogP contribution < -0.4 is 9.54 Å². The van der Waals surface area contributed by atoms with E-state index in [2.05, 4.69) is 14.9 Å². The van der Waals surface area contributed by atoms with Crippen LogP contribution in [0.2, 0.25) is 0 Å². The van der Waals surface area contributed by atoms with Crippen molar-refractivity contribution < 1.29 is 13.2 Å². The van der Waals surface area contributed by atoms with Crippen molar-refractivity contribution in [2.24, 2.45) is 4.99 Å². The molecule has 36 heavy (non-hydrogen) atoms. The first-order valence-electron chi connectivity index (χ1n) is 11.9. The summed E-state index contributed by atoms with van der Waals surface area (Å²) in [6.45, 7) is 7.72. The summed E-state index contributed by atoms with van der Waals surface area (Å²) in [6.07, 6.45) is 3.60. The lowest BCUT2D eigenvalue weighted by molar-refractivity contribution is 0.340. The predicted molar refractivity (Wildman–Crippen MR) is 144 cm³/mol. The van der Waals surface area contributed by atoms with E-state index < -0.39 is 10.0 Å². The highest BCUT2D eigenvalue weighted by Crippen LogP contribution is 2.25. The van der Waals surface area contributed by atoms with E-state index in [1.54, 1.807) is 18.3 Å². The highest BCUT2D eigenvalue weighted by Gasteiger charge is 2.21. The third-order valence-electron chi connectivity index (χ3n) is 5.73. The molecule has 2 aromatic heterocycles. The number of pyridine rings is 1. The average Bonchev–Trinajstić information content (AvgIpc) is 3.28. The van der Waals surface area contributed by atoms with Gasteiger partial charge in [-0.05, 0) is 60.5 Å². The van der Waals surface area contributed by atoms with Gasteiger partial charge in [-0.3, -0.25) is 4.98 Å². The summed E-state index contributed by atoms with van der Waals surface area (Å²) >= 11 is 1.54. The third-order valence-corrected chi connectivity index (χ3v) is 8.65. The molecule has 0 saturated carbocycles. The minimum absolute atomic E-state index is 0.295. The zero-order chi connectivity index (χ0) is 25.5. The van der Waals surface area contributed by atoms with Crippen LogP contribution in [0, 0.1) is 0 Å². The van der Waals surface area contributed by atoms with Crippen LogP contribution in [0.5, 0.6) is 5.75 Å². The Hall–Kier alpha value is -3.27. The summed E-state index contributed by atoms with van der Waals surface area (Å²) in [5, 5.41) is 2.05. The SMILES string of the molecule is CCOc1ccc(N=c2scc(-c3ccc(S(=O)(=O)N(CC)CC)cc3)n2Cc2cccnc2)cc1. The number of hydrogen-bond acceptors (Lipinski definition) is 6. The molecule has 0 amide bonds. The summed E-state index contributed by atoms with van der Waals surface area (Å²) in [5.41, 5.74) is 3.75.